The fraction of sp³-hybridized carbons (Fsp3) is 0. The van der Waals surface area contributed by atoms with Gasteiger partial charge in [0, 0.05) is 20.4 Å². The number of nitrogens with zero attached hydrogens (tertiary/aromatic N) is 2. The van der Waals surface area contributed by atoms with Crippen LogP contribution in [-0.4, -0.2) is 15.7 Å². The third kappa shape index (κ3) is 3.95. The van der Waals surface area contributed by atoms with E-state index in [0.29, 0.717) is 16.3 Å². The third-order valence-corrected chi connectivity index (χ3v) is 5.41. The molecule has 0 aliphatic rings. The molecular formula is C22H15ClIN3O. The second-order valence-corrected chi connectivity index (χ2v) is 7.71. The number of amides is 1. The zero-order valence-electron chi connectivity index (χ0n) is 14.6. The van der Waals surface area contributed by atoms with Crippen LogP contribution in [0.5, 0.6) is 0 Å². The second kappa shape index (κ2) is 8.16. The number of rotatable bonds is 4. The molecule has 0 bridgehead atoms. The first-order valence-corrected chi connectivity index (χ1v) is 10.0. The molecule has 1 aromatic heterocycles. The molecule has 4 nitrogen and oxygen atoms in total. The zero-order chi connectivity index (χ0) is 19.5. The number of hydrogen-bond acceptors (Lipinski definition) is 2. The quantitative estimate of drug-likeness (QED) is 0.348. The Morgan fingerprint density at radius 2 is 1.61 bits per heavy atom. The number of hydrogen-bond donors (Lipinski definition) is 1. The number of aromatic nitrogens is 2. The van der Waals surface area contributed by atoms with Crippen LogP contribution in [0.4, 0.5) is 5.69 Å². The summed E-state index contributed by atoms with van der Waals surface area (Å²) in [7, 11) is 0. The number of carbonyl (C=O) groups is 1. The molecule has 4 aromatic rings. The van der Waals surface area contributed by atoms with Crippen LogP contribution < -0.4 is 5.32 Å². The number of benzene rings is 3. The number of para-hydroxylation sites is 2. The molecule has 0 unspecified atom stereocenters. The van der Waals surface area contributed by atoms with Gasteiger partial charge < -0.3 is 5.32 Å². The molecule has 0 atom stereocenters. The van der Waals surface area contributed by atoms with Crippen molar-refractivity contribution in [2.75, 3.05) is 5.32 Å². The van der Waals surface area contributed by atoms with Crippen molar-refractivity contribution in [3.8, 4) is 16.9 Å². The molecule has 0 spiro atoms. The van der Waals surface area contributed by atoms with Crippen LogP contribution in [-0.2, 0) is 0 Å². The van der Waals surface area contributed by atoms with Gasteiger partial charge in [0.15, 0.2) is 0 Å². The van der Waals surface area contributed by atoms with E-state index in [0.717, 1.165) is 20.5 Å². The van der Waals surface area contributed by atoms with Crippen LogP contribution in [0.2, 0.25) is 5.02 Å². The number of anilines is 1. The van der Waals surface area contributed by atoms with Gasteiger partial charge in [0.2, 0.25) is 0 Å². The molecule has 0 aliphatic heterocycles. The van der Waals surface area contributed by atoms with Gasteiger partial charge >= 0.3 is 0 Å². The standard InChI is InChI=1S/C22H15ClIN3O/c23-16-12-10-15(11-13-16)21-18(14-27(26-21)17-6-2-1-3-7-17)22(28)25-20-9-5-4-8-19(20)24/h1-14H,(H,25,28). The van der Waals surface area contributed by atoms with E-state index in [1.807, 2.05) is 66.7 Å². The molecule has 6 heteroatoms. The number of nitrogens with one attached hydrogen (secondary N) is 1. The summed E-state index contributed by atoms with van der Waals surface area (Å²) in [5, 5.41) is 8.30. The van der Waals surface area contributed by atoms with Gasteiger partial charge in [-0.3, -0.25) is 4.79 Å². The average Bonchev–Trinajstić information content (AvgIpc) is 3.16. The van der Waals surface area contributed by atoms with Gasteiger partial charge in [0.1, 0.15) is 5.69 Å². The Labute approximate surface area is 181 Å². The third-order valence-electron chi connectivity index (χ3n) is 4.22. The maximum absolute atomic E-state index is 13.1. The largest absolute Gasteiger partial charge is 0.321 e. The molecule has 0 radical (unpaired) electrons. The predicted molar refractivity (Wildman–Crippen MR) is 121 cm³/mol. The van der Waals surface area contributed by atoms with Gasteiger partial charge in [-0.15, -0.1) is 0 Å². The Morgan fingerprint density at radius 1 is 0.929 bits per heavy atom. The summed E-state index contributed by atoms with van der Waals surface area (Å²) in [5.41, 5.74) is 3.57. The number of carbonyl (C=O) groups excluding carboxylic acids is 1. The highest BCUT2D eigenvalue weighted by Gasteiger charge is 2.19. The van der Waals surface area contributed by atoms with Crippen LogP contribution in [0, 0.1) is 3.57 Å². The highest BCUT2D eigenvalue weighted by Crippen LogP contribution is 2.27. The average molecular weight is 500 g/mol. The molecule has 0 fully saturated rings. The fourth-order valence-electron chi connectivity index (χ4n) is 2.83. The van der Waals surface area contributed by atoms with Gasteiger partial charge in [-0.05, 0) is 59.0 Å². The number of halogens is 2. The van der Waals surface area contributed by atoms with Crippen LogP contribution >= 0.6 is 34.2 Å². The molecule has 1 amide bonds. The maximum Gasteiger partial charge on any atom is 0.259 e. The first-order valence-electron chi connectivity index (χ1n) is 8.59. The fourth-order valence-corrected chi connectivity index (χ4v) is 3.47. The van der Waals surface area contributed by atoms with E-state index < -0.39 is 0 Å². The second-order valence-electron chi connectivity index (χ2n) is 6.11. The minimum atomic E-state index is -0.212. The molecule has 0 saturated carbocycles. The highest BCUT2D eigenvalue weighted by atomic mass is 127. The Morgan fingerprint density at radius 3 is 2.32 bits per heavy atom. The zero-order valence-corrected chi connectivity index (χ0v) is 17.6. The van der Waals surface area contributed by atoms with Crippen molar-refractivity contribution in [2.24, 2.45) is 0 Å². The van der Waals surface area contributed by atoms with Gasteiger partial charge in [-0.25, -0.2) is 4.68 Å². The van der Waals surface area contributed by atoms with E-state index in [4.69, 9.17) is 11.6 Å². The van der Waals surface area contributed by atoms with Gasteiger partial charge in [0.25, 0.3) is 5.91 Å². The lowest BCUT2D eigenvalue weighted by atomic mass is 10.1. The Bertz CT molecular complexity index is 1120. The molecule has 3 aromatic carbocycles. The predicted octanol–water partition coefficient (Wildman–Crippen LogP) is 6.05. The van der Waals surface area contributed by atoms with E-state index >= 15 is 0 Å². The van der Waals surface area contributed by atoms with E-state index in [1.54, 1.807) is 23.0 Å². The monoisotopic (exact) mass is 499 g/mol. The highest BCUT2D eigenvalue weighted by molar-refractivity contribution is 14.1. The SMILES string of the molecule is O=C(Nc1ccccc1I)c1cn(-c2ccccc2)nc1-c1ccc(Cl)cc1. The molecule has 4 rings (SSSR count). The van der Waals surface area contributed by atoms with Gasteiger partial charge in [-0.1, -0.05) is 54.1 Å². The molecule has 0 saturated heterocycles. The Kier molecular flexibility index (Phi) is 5.45. The van der Waals surface area contributed by atoms with Crippen LogP contribution in [0.25, 0.3) is 16.9 Å². The molecule has 1 heterocycles. The molecular weight excluding hydrogens is 485 g/mol. The van der Waals surface area contributed by atoms with Crippen molar-refractivity contribution in [2.45, 2.75) is 0 Å². The lowest BCUT2D eigenvalue weighted by Gasteiger charge is -2.07. The minimum absolute atomic E-state index is 0.212. The summed E-state index contributed by atoms with van der Waals surface area (Å²) in [6.45, 7) is 0. The maximum atomic E-state index is 13.1. The normalized spacial score (nSPS) is 10.6. The van der Waals surface area contributed by atoms with Crippen molar-refractivity contribution in [3.63, 3.8) is 0 Å². The van der Waals surface area contributed by atoms with Crippen molar-refractivity contribution < 1.29 is 4.79 Å². The summed E-state index contributed by atoms with van der Waals surface area (Å²) in [6, 6.07) is 24.7. The first-order chi connectivity index (χ1) is 13.6. The Balaban J connectivity index is 1.78. The first kappa shape index (κ1) is 18.7. The topological polar surface area (TPSA) is 46.9 Å². The van der Waals surface area contributed by atoms with Crippen molar-refractivity contribution in [1.29, 1.82) is 0 Å². The van der Waals surface area contributed by atoms with Crippen molar-refractivity contribution >= 4 is 45.8 Å². The lowest BCUT2D eigenvalue weighted by Crippen LogP contribution is -2.13. The van der Waals surface area contributed by atoms with E-state index in [1.165, 1.54) is 0 Å². The molecule has 28 heavy (non-hydrogen) atoms. The molecule has 1 N–H and O–H groups in total. The summed E-state index contributed by atoms with van der Waals surface area (Å²) in [4.78, 5) is 13.1. The van der Waals surface area contributed by atoms with Gasteiger partial charge in [-0.2, -0.15) is 5.10 Å². The summed E-state index contributed by atoms with van der Waals surface area (Å²) in [5.74, 6) is -0.212. The summed E-state index contributed by atoms with van der Waals surface area (Å²) >= 11 is 8.22. The Hall–Kier alpha value is -2.64. The molecule has 138 valence electrons. The summed E-state index contributed by atoms with van der Waals surface area (Å²) in [6.07, 6.45) is 1.75. The van der Waals surface area contributed by atoms with Crippen LogP contribution in [0.15, 0.2) is 85.1 Å². The van der Waals surface area contributed by atoms with Crippen molar-refractivity contribution in [3.05, 3.63) is 99.2 Å². The van der Waals surface area contributed by atoms with E-state index in [2.05, 4.69) is 33.0 Å². The summed E-state index contributed by atoms with van der Waals surface area (Å²) < 4.78 is 2.69. The minimum Gasteiger partial charge on any atom is -0.321 e. The van der Waals surface area contributed by atoms with Crippen LogP contribution in [0.3, 0.4) is 0 Å². The lowest BCUT2D eigenvalue weighted by molar-refractivity contribution is 0.102. The van der Waals surface area contributed by atoms with Crippen LogP contribution in [0.1, 0.15) is 10.4 Å². The van der Waals surface area contributed by atoms with Crippen molar-refractivity contribution in [1.82, 2.24) is 9.78 Å². The van der Waals surface area contributed by atoms with E-state index in [9.17, 15) is 4.79 Å². The smallest absolute Gasteiger partial charge is 0.259 e. The van der Waals surface area contributed by atoms with E-state index in [-0.39, 0.29) is 5.91 Å². The molecule has 0 aliphatic carbocycles. The van der Waals surface area contributed by atoms with Gasteiger partial charge in [0.05, 0.1) is 16.9 Å².